The van der Waals surface area contributed by atoms with Crippen molar-refractivity contribution in [2.75, 3.05) is 26.2 Å². The molecule has 0 bridgehead atoms. The van der Waals surface area contributed by atoms with E-state index < -0.39 is 16.1 Å². The van der Waals surface area contributed by atoms with Gasteiger partial charge in [-0.3, -0.25) is 4.79 Å². The minimum Gasteiger partial charge on any atom is -0.481 e. The second kappa shape index (κ2) is 9.40. The monoisotopic (exact) mass is 442 g/mol. The predicted octanol–water partition coefficient (Wildman–Crippen LogP) is 3.26. The maximum absolute atomic E-state index is 13.1. The normalized spacial score (nSPS) is 18.3. The number of aryl methyl sites for hydroxylation is 2. The molecule has 4 rings (SSSR count). The number of hydrogen-bond acceptors (Lipinski definition) is 4. The van der Waals surface area contributed by atoms with Crippen molar-refractivity contribution >= 4 is 15.9 Å². The van der Waals surface area contributed by atoms with Gasteiger partial charge in [-0.1, -0.05) is 31.2 Å². The van der Waals surface area contributed by atoms with E-state index in [0.29, 0.717) is 19.5 Å². The van der Waals surface area contributed by atoms with Gasteiger partial charge < -0.3 is 9.64 Å². The van der Waals surface area contributed by atoms with Crippen LogP contribution in [-0.4, -0.2) is 55.8 Å². The maximum atomic E-state index is 13.1. The van der Waals surface area contributed by atoms with Crippen LogP contribution in [0.1, 0.15) is 37.3 Å². The quantitative estimate of drug-likeness (QED) is 0.689. The Morgan fingerprint density at radius 1 is 0.968 bits per heavy atom. The predicted molar refractivity (Wildman–Crippen MR) is 120 cm³/mol. The Labute approximate surface area is 184 Å². The molecule has 0 N–H and O–H groups in total. The number of fused-ring (bicyclic) bond motifs is 1. The highest BCUT2D eigenvalue weighted by molar-refractivity contribution is 7.89. The zero-order chi connectivity index (χ0) is 21.8. The summed E-state index contributed by atoms with van der Waals surface area (Å²) in [5.74, 6) is 0.670. The first-order chi connectivity index (χ1) is 15.0. The summed E-state index contributed by atoms with van der Waals surface area (Å²) in [6, 6.07) is 14.6. The lowest BCUT2D eigenvalue weighted by atomic mass is 9.92. The number of benzene rings is 2. The summed E-state index contributed by atoms with van der Waals surface area (Å²) < 4.78 is 33.2. The van der Waals surface area contributed by atoms with Gasteiger partial charge in [0.05, 0.1) is 4.90 Å². The first kappa shape index (κ1) is 21.8. The third-order valence-corrected chi connectivity index (χ3v) is 8.09. The zero-order valence-electron chi connectivity index (χ0n) is 18.0. The zero-order valence-corrected chi connectivity index (χ0v) is 18.8. The van der Waals surface area contributed by atoms with E-state index in [1.165, 1.54) is 28.3 Å². The van der Waals surface area contributed by atoms with Crippen LogP contribution in [-0.2, 0) is 27.7 Å². The topological polar surface area (TPSA) is 66.9 Å². The lowest BCUT2D eigenvalue weighted by molar-refractivity contribution is -0.140. The second-order valence-corrected chi connectivity index (χ2v) is 10.1. The Morgan fingerprint density at radius 3 is 2.32 bits per heavy atom. The van der Waals surface area contributed by atoms with E-state index in [9.17, 15) is 13.2 Å². The largest absolute Gasteiger partial charge is 0.481 e. The number of carbonyl (C=O) groups excluding carboxylic acids is 1. The van der Waals surface area contributed by atoms with Crippen LogP contribution in [0.2, 0.25) is 0 Å². The fourth-order valence-electron chi connectivity index (χ4n) is 4.35. The van der Waals surface area contributed by atoms with Crippen LogP contribution in [0.4, 0.5) is 0 Å². The molecule has 2 aromatic carbocycles. The van der Waals surface area contributed by atoms with Crippen LogP contribution in [0, 0.1) is 0 Å². The van der Waals surface area contributed by atoms with Gasteiger partial charge in [0, 0.05) is 26.2 Å². The van der Waals surface area contributed by atoms with Crippen molar-refractivity contribution in [3.05, 3.63) is 59.7 Å². The number of piperazine rings is 1. The van der Waals surface area contributed by atoms with Gasteiger partial charge in [0.2, 0.25) is 10.0 Å². The second-order valence-electron chi connectivity index (χ2n) is 8.19. The average Bonchev–Trinajstić information content (AvgIpc) is 2.82. The molecule has 1 atom stereocenters. The lowest BCUT2D eigenvalue weighted by Crippen LogP contribution is -2.53. The summed E-state index contributed by atoms with van der Waals surface area (Å²) in [4.78, 5) is 15.1. The van der Waals surface area contributed by atoms with Crippen molar-refractivity contribution in [2.45, 2.75) is 50.0 Å². The van der Waals surface area contributed by atoms with E-state index in [1.54, 1.807) is 35.2 Å². The first-order valence-corrected chi connectivity index (χ1v) is 12.6. The van der Waals surface area contributed by atoms with Gasteiger partial charge in [-0.2, -0.15) is 4.31 Å². The Bertz CT molecular complexity index is 1020. The summed E-state index contributed by atoms with van der Waals surface area (Å²) in [5.41, 5.74) is 2.71. The molecular weight excluding hydrogens is 412 g/mol. The van der Waals surface area contributed by atoms with Crippen LogP contribution in [0.5, 0.6) is 5.75 Å². The molecule has 0 saturated carbocycles. The molecule has 31 heavy (non-hydrogen) atoms. The minimum absolute atomic E-state index is 0.0722. The van der Waals surface area contributed by atoms with Crippen LogP contribution >= 0.6 is 0 Å². The van der Waals surface area contributed by atoms with Gasteiger partial charge in [-0.15, -0.1) is 0 Å². The van der Waals surface area contributed by atoms with Gasteiger partial charge in [-0.05, 0) is 67.5 Å². The number of carbonyl (C=O) groups is 1. The third kappa shape index (κ3) is 4.77. The molecule has 1 heterocycles. The highest BCUT2D eigenvalue weighted by Gasteiger charge is 2.32. The van der Waals surface area contributed by atoms with Gasteiger partial charge in [0.25, 0.3) is 5.91 Å². The molecule has 1 saturated heterocycles. The van der Waals surface area contributed by atoms with Crippen molar-refractivity contribution < 1.29 is 17.9 Å². The molecule has 6 nitrogen and oxygen atoms in total. The van der Waals surface area contributed by atoms with E-state index in [4.69, 9.17) is 4.74 Å². The fourth-order valence-corrected chi connectivity index (χ4v) is 5.79. The Morgan fingerprint density at radius 2 is 1.65 bits per heavy atom. The smallest absolute Gasteiger partial charge is 0.263 e. The summed E-state index contributed by atoms with van der Waals surface area (Å²) in [6.07, 6.45) is 4.62. The lowest BCUT2D eigenvalue weighted by Gasteiger charge is -2.35. The fraction of sp³-hybridized carbons (Fsp3) is 0.458. The van der Waals surface area contributed by atoms with Gasteiger partial charge in [0.15, 0.2) is 6.10 Å². The average molecular weight is 443 g/mol. The van der Waals surface area contributed by atoms with Gasteiger partial charge in [0.1, 0.15) is 5.75 Å². The van der Waals surface area contributed by atoms with E-state index in [-0.39, 0.29) is 23.9 Å². The number of amides is 1. The molecule has 2 aliphatic rings. The summed E-state index contributed by atoms with van der Waals surface area (Å²) >= 11 is 0. The Kier molecular flexibility index (Phi) is 6.62. The van der Waals surface area contributed by atoms with Crippen molar-refractivity contribution in [2.24, 2.45) is 0 Å². The van der Waals surface area contributed by atoms with Crippen molar-refractivity contribution in [3.8, 4) is 5.75 Å². The molecular formula is C24H30N2O4S. The maximum Gasteiger partial charge on any atom is 0.263 e. The molecule has 7 heteroatoms. The summed E-state index contributed by atoms with van der Waals surface area (Å²) in [6.45, 7) is 3.26. The van der Waals surface area contributed by atoms with Gasteiger partial charge in [-0.25, -0.2) is 8.42 Å². The minimum atomic E-state index is -3.53. The Balaban J connectivity index is 1.38. The number of ether oxygens (including phenoxy) is 1. The van der Waals surface area contributed by atoms with Crippen LogP contribution in [0.3, 0.4) is 0 Å². The van der Waals surface area contributed by atoms with Crippen molar-refractivity contribution in [1.29, 1.82) is 0 Å². The molecule has 1 aliphatic carbocycles. The standard InChI is InChI=1S/C24H30N2O4S/c1-2-23(30-21-13-12-19-8-6-7-9-20(19)18-21)24(27)25-14-16-26(17-15-25)31(28,29)22-10-4-3-5-11-22/h3-5,10-13,18,23H,2,6-9,14-17H2,1H3/t23-/m0/s1. The molecule has 0 spiro atoms. The Hall–Kier alpha value is -2.38. The number of nitrogens with zero attached hydrogens (tertiary/aromatic N) is 2. The van der Waals surface area contributed by atoms with Crippen molar-refractivity contribution in [3.63, 3.8) is 0 Å². The van der Waals surface area contributed by atoms with E-state index >= 15 is 0 Å². The van der Waals surface area contributed by atoms with Crippen LogP contribution in [0.15, 0.2) is 53.4 Å². The van der Waals surface area contributed by atoms with Crippen LogP contribution < -0.4 is 4.74 Å². The van der Waals surface area contributed by atoms with E-state index in [2.05, 4.69) is 12.1 Å². The SMILES string of the molecule is CC[C@H](Oc1ccc2c(c1)CCCC2)C(=O)N1CCN(S(=O)(=O)c2ccccc2)CC1. The third-order valence-electron chi connectivity index (χ3n) is 6.18. The molecule has 1 fully saturated rings. The van der Waals surface area contributed by atoms with Crippen LogP contribution in [0.25, 0.3) is 0 Å². The summed E-state index contributed by atoms with van der Waals surface area (Å²) in [5, 5.41) is 0. The number of rotatable bonds is 6. The molecule has 0 radical (unpaired) electrons. The number of hydrogen-bond donors (Lipinski definition) is 0. The van der Waals surface area contributed by atoms with E-state index in [1.807, 2.05) is 13.0 Å². The van der Waals surface area contributed by atoms with Gasteiger partial charge >= 0.3 is 0 Å². The van der Waals surface area contributed by atoms with E-state index in [0.717, 1.165) is 18.6 Å². The number of sulfonamides is 1. The molecule has 0 unspecified atom stereocenters. The highest BCUT2D eigenvalue weighted by atomic mass is 32.2. The molecule has 1 amide bonds. The first-order valence-electron chi connectivity index (χ1n) is 11.1. The highest BCUT2D eigenvalue weighted by Crippen LogP contribution is 2.26. The summed E-state index contributed by atoms with van der Waals surface area (Å²) in [7, 11) is -3.53. The molecule has 1 aliphatic heterocycles. The molecule has 2 aromatic rings. The molecule has 0 aromatic heterocycles. The van der Waals surface area contributed by atoms with Crippen molar-refractivity contribution in [1.82, 2.24) is 9.21 Å². The molecule has 166 valence electrons.